The van der Waals surface area contributed by atoms with Crippen molar-refractivity contribution < 1.29 is 35.7 Å². The van der Waals surface area contributed by atoms with Crippen LogP contribution in [0, 0.1) is 23.7 Å². The highest BCUT2D eigenvalue weighted by Gasteiger charge is 2.38. The van der Waals surface area contributed by atoms with E-state index in [1.807, 2.05) is 7.05 Å². The highest BCUT2D eigenvalue weighted by atomic mass is 32.2. The zero-order valence-corrected chi connectivity index (χ0v) is 14.3. The molecule has 0 aliphatic heterocycles. The highest BCUT2D eigenvalue weighted by Crippen LogP contribution is 2.27. The Morgan fingerprint density at radius 2 is 1.79 bits per heavy atom. The Morgan fingerprint density at radius 1 is 1.29 bits per heavy atom. The van der Waals surface area contributed by atoms with E-state index in [1.165, 1.54) is 12.8 Å². The first-order valence-corrected chi connectivity index (χ1v) is 9.05. The van der Waals surface area contributed by atoms with Crippen LogP contribution in [0.5, 0.6) is 0 Å². The number of carboxylic acids is 1. The number of carbonyl (C=O) groups is 1. The Kier molecular flexibility index (Phi) is 9.96. The van der Waals surface area contributed by atoms with Crippen molar-refractivity contribution in [3.63, 3.8) is 0 Å². The van der Waals surface area contributed by atoms with Gasteiger partial charge >= 0.3 is 12.1 Å². The first-order chi connectivity index (χ1) is 11.0. The summed E-state index contributed by atoms with van der Waals surface area (Å²) < 4.78 is 57.7. The fraction of sp³-hybridized carbons (Fsp3) is 0.786. The topological polar surface area (TPSA) is 92.7 Å². The second-order valence-corrected chi connectivity index (χ2v) is 7.01. The molecule has 1 rings (SSSR count). The molecular weight excluding hydrogens is 351 g/mol. The molecule has 0 aromatic heterocycles. The van der Waals surface area contributed by atoms with Crippen LogP contribution in [0.4, 0.5) is 13.2 Å². The number of hydrogen-bond acceptors (Lipinski definition) is 5. The average Bonchev–Trinajstić information content (AvgIpc) is 2.44. The van der Waals surface area contributed by atoms with Crippen LogP contribution in [-0.2, 0) is 19.1 Å². The van der Waals surface area contributed by atoms with Gasteiger partial charge in [0.25, 0.3) is 10.1 Å². The second kappa shape index (κ2) is 10.5. The number of halogens is 3. The van der Waals surface area contributed by atoms with E-state index in [4.69, 9.17) is 9.90 Å². The van der Waals surface area contributed by atoms with Crippen LogP contribution in [0.15, 0.2) is 0 Å². The number of rotatable bonds is 4. The lowest BCUT2D eigenvalue weighted by molar-refractivity contribution is -0.192. The lowest BCUT2D eigenvalue weighted by atomic mass is 9.82. The SMILES string of the molecule is CNCC1CCC(C#CCOS(C)(=O)=O)CC1.O=C(O)C(F)(F)F. The van der Waals surface area contributed by atoms with E-state index < -0.39 is 22.3 Å². The van der Waals surface area contributed by atoms with Gasteiger partial charge in [-0.3, -0.25) is 4.18 Å². The second-order valence-electron chi connectivity index (χ2n) is 5.37. The molecule has 0 aromatic rings. The highest BCUT2D eigenvalue weighted by molar-refractivity contribution is 7.86. The summed E-state index contributed by atoms with van der Waals surface area (Å²) in [5, 5.41) is 10.3. The molecule has 1 fully saturated rings. The molecule has 0 atom stereocenters. The Hall–Kier alpha value is -1.31. The predicted molar refractivity (Wildman–Crippen MR) is 81.6 cm³/mol. The van der Waals surface area contributed by atoms with E-state index in [0.29, 0.717) is 5.92 Å². The van der Waals surface area contributed by atoms with E-state index in [-0.39, 0.29) is 6.61 Å². The molecule has 0 aromatic carbocycles. The Morgan fingerprint density at radius 3 is 2.17 bits per heavy atom. The van der Waals surface area contributed by atoms with Gasteiger partial charge in [-0.15, -0.1) is 0 Å². The van der Waals surface area contributed by atoms with E-state index in [2.05, 4.69) is 21.3 Å². The van der Waals surface area contributed by atoms with Gasteiger partial charge in [-0.05, 0) is 45.2 Å². The molecule has 1 aliphatic rings. The molecular formula is C14H22F3NO5S. The molecule has 0 unspecified atom stereocenters. The number of hydrogen-bond donors (Lipinski definition) is 2. The minimum absolute atomic E-state index is 0.0186. The van der Waals surface area contributed by atoms with Gasteiger partial charge < -0.3 is 10.4 Å². The summed E-state index contributed by atoms with van der Waals surface area (Å²) in [6, 6.07) is 0. The summed E-state index contributed by atoms with van der Waals surface area (Å²) in [7, 11) is -1.37. The summed E-state index contributed by atoms with van der Waals surface area (Å²) >= 11 is 0. The molecule has 140 valence electrons. The van der Waals surface area contributed by atoms with Gasteiger partial charge in [0, 0.05) is 5.92 Å². The Bertz CT molecular complexity index is 543. The van der Waals surface area contributed by atoms with Gasteiger partial charge in [0.05, 0.1) is 6.26 Å². The van der Waals surface area contributed by atoms with Crippen LogP contribution in [-0.4, -0.2) is 52.1 Å². The zero-order chi connectivity index (χ0) is 18.8. The largest absolute Gasteiger partial charge is 0.490 e. The third kappa shape index (κ3) is 12.2. The average molecular weight is 373 g/mol. The molecule has 0 amide bonds. The van der Waals surface area contributed by atoms with Crippen LogP contribution in [0.2, 0.25) is 0 Å². The normalized spacial score (nSPS) is 21.0. The first kappa shape index (κ1) is 22.7. The Labute approximate surface area is 139 Å². The number of carboxylic acid groups (broad SMARTS) is 1. The van der Waals surface area contributed by atoms with E-state index in [0.717, 1.165) is 31.6 Å². The first-order valence-electron chi connectivity index (χ1n) is 7.23. The third-order valence-electron chi connectivity index (χ3n) is 3.23. The smallest absolute Gasteiger partial charge is 0.475 e. The summed E-state index contributed by atoms with van der Waals surface area (Å²) in [5.41, 5.74) is 0. The van der Waals surface area contributed by atoms with Gasteiger partial charge in [-0.2, -0.15) is 21.6 Å². The van der Waals surface area contributed by atoms with Gasteiger partial charge in [0.2, 0.25) is 0 Å². The van der Waals surface area contributed by atoms with Crippen LogP contribution in [0.25, 0.3) is 0 Å². The van der Waals surface area contributed by atoms with Crippen LogP contribution < -0.4 is 5.32 Å². The summed E-state index contributed by atoms with van der Waals surface area (Å²) in [5.74, 6) is 4.31. The number of aliphatic carboxylic acids is 1. The summed E-state index contributed by atoms with van der Waals surface area (Å²) in [6.07, 6.45) is 0.578. The predicted octanol–water partition coefficient (Wildman–Crippen LogP) is 1.63. The Balaban J connectivity index is 0.000000640. The van der Waals surface area contributed by atoms with Crippen LogP contribution in [0.1, 0.15) is 25.7 Å². The molecule has 0 heterocycles. The van der Waals surface area contributed by atoms with E-state index in [1.54, 1.807) is 0 Å². The van der Waals surface area contributed by atoms with Crippen molar-refractivity contribution in [1.29, 1.82) is 0 Å². The molecule has 10 heteroatoms. The number of alkyl halides is 3. The molecule has 0 saturated heterocycles. The number of nitrogens with one attached hydrogen (secondary N) is 1. The van der Waals surface area contributed by atoms with Gasteiger partial charge in [0.15, 0.2) is 0 Å². The van der Waals surface area contributed by atoms with Crippen LogP contribution in [0.3, 0.4) is 0 Å². The zero-order valence-electron chi connectivity index (χ0n) is 13.5. The van der Waals surface area contributed by atoms with Crippen molar-refractivity contribution in [2.75, 3.05) is 26.5 Å². The summed E-state index contributed by atoms with van der Waals surface area (Å²) in [6.45, 7) is 1.06. The van der Waals surface area contributed by atoms with Crippen molar-refractivity contribution in [3.8, 4) is 11.8 Å². The van der Waals surface area contributed by atoms with Crippen molar-refractivity contribution in [3.05, 3.63) is 0 Å². The fourth-order valence-electron chi connectivity index (χ4n) is 2.12. The maximum absolute atomic E-state index is 10.7. The summed E-state index contributed by atoms with van der Waals surface area (Å²) in [4.78, 5) is 8.90. The monoisotopic (exact) mass is 373 g/mol. The molecule has 0 radical (unpaired) electrons. The lowest BCUT2D eigenvalue weighted by Gasteiger charge is -2.25. The molecule has 6 nitrogen and oxygen atoms in total. The molecule has 24 heavy (non-hydrogen) atoms. The molecule has 0 bridgehead atoms. The van der Waals surface area contributed by atoms with Gasteiger partial charge in [-0.25, -0.2) is 4.79 Å². The van der Waals surface area contributed by atoms with Crippen molar-refractivity contribution >= 4 is 16.1 Å². The lowest BCUT2D eigenvalue weighted by Crippen LogP contribution is -2.23. The standard InChI is InChI=1S/C12H21NO3S.C2HF3O2/c1-13-10-12-7-5-11(6-8-12)4-3-9-16-17(2,14)15;3-2(4,5)1(6)7/h11-13H,5-10H2,1-2H3;(H,6,7). The quantitative estimate of drug-likeness (QED) is 0.575. The molecule has 1 saturated carbocycles. The van der Waals surface area contributed by atoms with Crippen molar-refractivity contribution in [2.45, 2.75) is 31.9 Å². The third-order valence-corrected chi connectivity index (χ3v) is 3.78. The molecule has 0 spiro atoms. The van der Waals surface area contributed by atoms with E-state index in [9.17, 15) is 21.6 Å². The molecule has 2 N–H and O–H groups in total. The minimum atomic E-state index is -5.08. The maximum Gasteiger partial charge on any atom is 0.490 e. The van der Waals surface area contributed by atoms with Gasteiger partial charge in [-0.1, -0.05) is 11.8 Å². The van der Waals surface area contributed by atoms with E-state index >= 15 is 0 Å². The maximum atomic E-state index is 10.7. The fourth-order valence-corrected chi connectivity index (χ4v) is 2.40. The van der Waals surface area contributed by atoms with Crippen LogP contribution >= 0.6 is 0 Å². The molecule has 1 aliphatic carbocycles. The van der Waals surface area contributed by atoms with Crippen molar-refractivity contribution in [1.82, 2.24) is 5.32 Å². The van der Waals surface area contributed by atoms with Crippen molar-refractivity contribution in [2.24, 2.45) is 11.8 Å². The van der Waals surface area contributed by atoms with Gasteiger partial charge in [0.1, 0.15) is 6.61 Å². The minimum Gasteiger partial charge on any atom is -0.475 e.